The van der Waals surface area contributed by atoms with Crippen LogP contribution in [0.15, 0.2) is 29.1 Å². The Labute approximate surface area is 153 Å². The molecule has 0 fully saturated rings. The fraction of sp³-hybridized carbons (Fsp3) is 0.316. The third-order valence-corrected chi connectivity index (χ3v) is 5.83. The summed E-state index contributed by atoms with van der Waals surface area (Å²) in [6.45, 7) is 0. The number of para-hydroxylation sites is 2. The Hall–Kier alpha value is -2.67. The van der Waals surface area contributed by atoms with Crippen molar-refractivity contribution in [2.24, 2.45) is 0 Å². The van der Waals surface area contributed by atoms with Gasteiger partial charge in [0.2, 0.25) is 5.91 Å². The monoisotopic (exact) mass is 369 g/mol. The van der Waals surface area contributed by atoms with Gasteiger partial charge in [-0.05, 0) is 43.4 Å². The first-order valence-corrected chi connectivity index (χ1v) is 9.55. The van der Waals surface area contributed by atoms with Gasteiger partial charge in [-0.2, -0.15) is 0 Å². The van der Waals surface area contributed by atoms with Gasteiger partial charge in [0.05, 0.1) is 11.1 Å². The van der Waals surface area contributed by atoms with Gasteiger partial charge in [-0.15, -0.1) is 11.3 Å². The van der Waals surface area contributed by atoms with Gasteiger partial charge < -0.3 is 15.4 Å². The van der Waals surface area contributed by atoms with E-state index in [1.54, 1.807) is 29.5 Å². The van der Waals surface area contributed by atoms with E-state index in [4.69, 9.17) is 0 Å². The SMILES string of the molecule is O=C(CCc1nc2sc3c(c2c(=O)[nH]1)CCCC3)Nc1ccccc1O. The molecule has 1 aromatic carbocycles. The molecule has 2 aromatic heterocycles. The lowest BCUT2D eigenvalue weighted by molar-refractivity contribution is -0.116. The highest BCUT2D eigenvalue weighted by Gasteiger charge is 2.19. The number of fused-ring (bicyclic) bond motifs is 3. The first-order valence-electron chi connectivity index (χ1n) is 8.73. The van der Waals surface area contributed by atoms with Crippen molar-refractivity contribution in [1.82, 2.24) is 9.97 Å². The van der Waals surface area contributed by atoms with Crippen molar-refractivity contribution < 1.29 is 9.90 Å². The number of carbonyl (C=O) groups excluding carboxylic acids is 1. The van der Waals surface area contributed by atoms with Gasteiger partial charge in [0.1, 0.15) is 16.4 Å². The van der Waals surface area contributed by atoms with Gasteiger partial charge in [-0.1, -0.05) is 12.1 Å². The molecule has 1 amide bonds. The molecule has 4 rings (SSSR count). The largest absolute Gasteiger partial charge is 0.506 e. The van der Waals surface area contributed by atoms with Crippen molar-refractivity contribution in [3.8, 4) is 5.75 Å². The highest BCUT2D eigenvalue weighted by Crippen LogP contribution is 2.33. The molecule has 134 valence electrons. The van der Waals surface area contributed by atoms with E-state index in [0.29, 0.717) is 17.9 Å². The summed E-state index contributed by atoms with van der Waals surface area (Å²) >= 11 is 1.60. The minimum atomic E-state index is -0.236. The molecule has 0 saturated heterocycles. The molecule has 1 aliphatic rings. The molecule has 26 heavy (non-hydrogen) atoms. The molecule has 0 aliphatic heterocycles. The Morgan fingerprint density at radius 2 is 2.08 bits per heavy atom. The zero-order chi connectivity index (χ0) is 18.1. The molecule has 1 aliphatic carbocycles. The molecule has 0 unspecified atom stereocenters. The van der Waals surface area contributed by atoms with E-state index in [1.807, 2.05) is 0 Å². The molecule has 7 heteroatoms. The van der Waals surface area contributed by atoms with Crippen LogP contribution in [-0.4, -0.2) is 21.0 Å². The lowest BCUT2D eigenvalue weighted by atomic mass is 9.97. The molecule has 0 atom stereocenters. The number of anilines is 1. The zero-order valence-electron chi connectivity index (χ0n) is 14.2. The Morgan fingerprint density at radius 1 is 1.27 bits per heavy atom. The average molecular weight is 369 g/mol. The van der Waals surface area contributed by atoms with Crippen molar-refractivity contribution >= 4 is 33.1 Å². The van der Waals surface area contributed by atoms with Crippen molar-refractivity contribution in [2.45, 2.75) is 38.5 Å². The number of phenols is 1. The fourth-order valence-corrected chi connectivity index (χ4v) is 4.63. The highest BCUT2D eigenvalue weighted by atomic mass is 32.1. The van der Waals surface area contributed by atoms with Crippen molar-refractivity contribution in [3.05, 3.63) is 50.9 Å². The van der Waals surface area contributed by atoms with E-state index in [2.05, 4.69) is 15.3 Å². The predicted molar refractivity (Wildman–Crippen MR) is 102 cm³/mol. The van der Waals surface area contributed by atoms with E-state index < -0.39 is 0 Å². The number of H-pyrrole nitrogens is 1. The predicted octanol–water partition coefficient (Wildman–Crippen LogP) is 3.14. The van der Waals surface area contributed by atoms with Crippen LogP contribution >= 0.6 is 11.3 Å². The maximum Gasteiger partial charge on any atom is 0.259 e. The molecule has 6 nitrogen and oxygen atoms in total. The first-order chi connectivity index (χ1) is 12.6. The third kappa shape index (κ3) is 3.22. The number of amides is 1. The molecule has 0 spiro atoms. The van der Waals surface area contributed by atoms with Crippen molar-refractivity contribution in [1.29, 1.82) is 0 Å². The molecular weight excluding hydrogens is 350 g/mol. The van der Waals surface area contributed by atoms with Crippen LogP contribution in [0.3, 0.4) is 0 Å². The van der Waals surface area contributed by atoms with Crippen molar-refractivity contribution in [2.75, 3.05) is 5.32 Å². The van der Waals surface area contributed by atoms with E-state index >= 15 is 0 Å². The molecule has 2 heterocycles. The lowest BCUT2D eigenvalue weighted by Crippen LogP contribution is -2.16. The van der Waals surface area contributed by atoms with Gasteiger partial charge in [0.15, 0.2) is 0 Å². The van der Waals surface area contributed by atoms with E-state index in [1.165, 1.54) is 10.9 Å². The number of thiophene rings is 1. The Kier molecular flexibility index (Phi) is 4.46. The second-order valence-electron chi connectivity index (χ2n) is 6.47. The second kappa shape index (κ2) is 6.92. The molecule has 3 N–H and O–H groups in total. The summed E-state index contributed by atoms with van der Waals surface area (Å²) in [6, 6.07) is 6.58. The summed E-state index contributed by atoms with van der Waals surface area (Å²) in [5.74, 6) is 0.311. The molecule has 0 saturated carbocycles. The molecule has 0 radical (unpaired) electrons. The number of rotatable bonds is 4. The number of nitrogens with zero attached hydrogens (tertiary/aromatic N) is 1. The summed E-state index contributed by atoms with van der Waals surface area (Å²) in [5.41, 5.74) is 1.43. The number of aryl methyl sites for hydroxylation is 3. The van der Waals surface area contributed by atoms with Crippen LogP contribution in [0.25, 0.3) is 10.2 Å². The van der Waals surface area contributed by atoms with Crippen LogP contribution < -0.4 is 10.9 Å². The van der Waals surface area contributed by atoms with Crippen LogP contribution in [0.4, 0.5) is 5.69 Å². The van der Waals surface area contributed by atoms with Gasteiger partial charge in [0, 0.05) is 17.7 Å². The van der Waals surface area contributed by atoms with E-state index in [0.717, 1.165) is 41.5 Å². The minimum absolute atomic E-state index is 0.0259. The molecular formula is C19H19N3O3S. The van der Waals surface area contributed by atoms with Gasteiger partial charge >= 0.3 is 0 Å². The summed E-state index contributed by atoms with van der Waals surface area (Å²) < 4.78 is 0. The van der Waals surface area contributed by atoms with Crippen LogP contribution in [0.2, 0.25) is 0 Å². The van der Waals surface area contributed by atoms with Crippen LogP contribution in [0.5, 0.6) is 5.75 Å². The Balaban J connectivity index is 1.50. The van der Waals surface area contributed by atoms with E-state index in [9.17, 15) is 14.7 Å². The normalized spacial score (nSPS) is 13.5. The van der Waals surface area contributed by atoms with E-state index in [-0.39, 0.29) is 23.6 Å². The number of hydrogen-bond donors (Lipinski definition) is 3. The van der Waals surface area contributed by atoms with Gasteiger partial charge in [-0.25, -0.2) is 4.98 Å². The summed E-state index contributed by atoms with van der Waals surface area (Å²) in [7, 11) is 0. The highest BCUT2D eigenvalue weighted by molar-refractivity contribution is 7.18. The Bertz CT molecular complexity index is 1040. The number of aromatic nitrogens is 2. The van der Waals surface area contributed by atoms with Gasteiger partial charge in [-0.3, -0.25) is 9.59 Å². The van der Waals surface area contributed by atoms with Gasteiger partial charge in [0.25, 0.3) is 5.56 Å². The molecule has 0 bridgehead atoms. The number of benzene rings is 1. The molecule has 3 aromatic rings. The average Bonchev–Trinajstić information content (AvgIpc) is 3.01. The smallest absolute Gasteiger partial charge is 0.259 e. The first kappa shape index (κ1) is 16.8. The number of hydrogen-bond acceptors (Lipinski definition) is 5. The number of aromatic hydroxyl groups is 1. The van der Waals surface area contributed by atoms with Crippen LogP contribution in [-0.2, 0) is 24.1 Å². The zero-order valence-corrected chi connectivity index (χ0v) is 15.0. The van der Waals surface area contributed by atoms with Crippen molar-refractivity contribution in [3.63, 3.8) is 0 Å². The summed E-state index contributed by atoms with van der Waals surface area (Å²) in [5, 5.41) is 13.1. The summed E-state index contributed by atoms with van der Waals surface area (Å²) in [4.78, 5) is 34.0. The minimum Gasteiger partial charge on any atom is -0.506 e. The van der Waals surface area contributed by atoms with Crippen LogP contribution in [0, 0.1) is 0 Å². The second-order valence-corrected chi connectivity index (χ2v) is 7.55. The topological polar surface area (TPSA) is 95.1 Å². The number of aromatic amines is 1. The maximum atomic E-state index is 12.5. The third-order valence-electron chi connectivity index (χ3n) is 4.64. The fourth-order valence-electron chi connectivity index (χ4n) is 3.35. The summed E-state index contributed by atoms with van der Waals surface area (Å²) in [6.07, 6.45) is 4.77. The standard InChI is InChI=1S/C19H19N3O3S/c23-13-7-3-2-6-12(13)20-16(24)10-9-15-21-18(25)17-11-5-1-4-8-14(11)26-19(17)22-15/h2-3,6-7,23H,1,4-5,8-10H2,(H,20,24)(H,21,22,25). The lowest BCUT2D eigenvalue weighted by Gasteiger charge is -2.09. The Morgan fingerprint density at radius 3 is 2.92 bits per heavy atom. The quantitative estimate of drug-likeness (QED) is 0.616. The number of nitrogens with one attached hydrogen (secondary N) is 2. The maximum absolute atomic E-state index is 12.5. The number of phenolic OH excluding ortho intramolecular Hbond substituents is 1. The van der Waals surface area contributed by atoms with Crippen LogP contribution in [0.1, 0.15) is 35.5 Å². The number of carbonyl (C=O) groups is 1.